The molecule has 5 nitrogen and oxygen atoms in total. The van der Waals surface area contributed by atoms with Crippen LogP contribution >= 0.6 is 35.7 Å². The Morgan fingerprint density at radius 2 is 1.96 bits per heavy atom. The van der Waals surface area contributed by atoms with Gasteiger partial charge >= 0.3 is 0 Å². The summed E-state index contributed by atoms with van der Waals surface area (Å²) in [5.74, 6) is 2.58. The van der Waals surface area contributed by atoms with Crippen LogP contribution in [0.25, 0.3) is 0 Å². The van der Waals surface area contributed by atoms with E-state index in [9.17, 15) is 0 Å². The van der Waals surface area contributed by atoms with Crippen LogP contribution in [-0.2, 0) is 5.41 Å². The summed E-state index contributed by atoms with van der Waals surface area (Å²) in [7, 11) is 1.84. The van der Waals surface area contributed by atoms with Crippen LogP contribution in [-0.4, -0.2) is 50.3 Å². The number of benzene rings is 1. The van der Waals surface area contributed by atoms with Crippen LogP contribution in [0.3, 0.4) is 0 Å². The Bertz CT molecular complexity index is 654. The number of hydrogen-bond acceptors (Lipinski definition) is 4. The molecule has 7 heteroatoms. The number of thioether (sulfide) groups is 1. The minimum Gasteiger partial charge on any atom is -0.486 e. The van der Waals surface area contributed by atoms with Gasteiger partial charge in [-0.2, -0.15) is 11.8 Å². The Balaban J connectivity index is 0.00000261. The SMILES string of the molecule is CN=C(NCC(C)(C)c1ccc2c(c1)OCCO2)NC1CCC(SC)C1.I. The highest BCUT2D eigenvalue weighted by Crippen LogP contribution is 2.35. The summed E-state index contributed by atoms with van der Waals surface area (Å²) in [6, 6.07) is 6.77. The van der Waals surface area contributed by atoms with Crippen LogP contribution < -0.4 is 20.1 Å². The summed E-state index contributed by atoms with van der Waals surface area (Å²) in [4.78, 5) is 4.41. The van der Waals surface area contributed by atoms with Crippen LogP contribution in [0.1, 0.15) is 38.7 Å². The minimum absolute atomic E-state index is 0. The van der Waals surface area contributed by atoms with Crippen LogP contribution in [0, 0.1) is 0 Å². The van der Waals surface area contributed by atoms with Gasteiger partial charge in [-0.1, -0.05) is 19.9 Å². The molecule has 1 aromatic carbocycles. The molecule has 0 radical (unpaired) electrons. The Hall–Kier alpha value is -0.830. The molecule has 1 saturated carbocycles. The van der Waals surface area contributed by atoms with Crippen molar-refractivity contribution in [3.63, 3.8) is 0 Å². The van der Waals surface area contributed by atoms with Crippen LogP contribution in [0.15, 0.2) is 23.2 Å². The normalized spacial score (nSPS) is 22.1. The number of hydrogen-bond donors (Lipinski definition) is 2. The van der Waals surface area contributed by atoms with Gasteiger partial charge in [-0.15, -0.1) is 24.0 Å². The number of nitrogens with zero attached hydrogens (tertiary/aromatic N) is 1. The predicted molar refractivity (Wildman–Crippen MR) is 125 cm³/mol. The summed E-state index contributed by atoms with van der Waals surface area (Å²) in [6.45, 7) is 6.50. The largest absolute Gasteiger partial charge is 0.486 e. The van der Waals surface area contributed by atoms with Crippen LogP contribution in [0.4, 0.5) is 0 Å². The molecular weight excluding hydrogens is 473 g/mol. The molecule has 0 spiro atoms. The topological polar surface area (TPSA) is 54.9 Å². The van der Waals surface area contributed by atoms with Gasteiger partial charge in [0.15, 0.2) is 17.5 Å². The lowest BCUT2D eigenvalue weighted by Gasteiger charge is -2.29. The molecule has 1 fully saturated rings. The number of rotatable bonds is 5. The van der Waals surface area contributed by atoms with Crippen molar-refractivity contribution in [2.24, 2.45) is 4.99 Å². The average Bonchev–Trinajstić information content (AvgIpc) is 3.12. The van der Waals surface area contributed by atoms with Gasteiger partial charge in [0, 0.05) is 30.3 Å². The van der Waals surface area contributed by atoms with E-state index in [0.29, 0.717) is 19.3 Å². The van der Waals surface area contributed by atoms with Crippen molar-refractivity contribution >= 4 is 41.7 Å². The summed E-state index contributed by atoms with van der Waals surface area (Å²) in [5.41, 5.74) is 1.18. The van der Waals surface area contributed by atoms with Gasteiger partial charge in [-0.05, 0) is 43.2 Å². The Morgan fingerprint density at radius 1 is 1.22 bits per heavy atom. The monoisotopic (exact) mass is 505 g/mol. The molecule has 3 rings (SSSR count). The number of ether oxygens (including phenoxy) is 2. The zero-order valence-corrected chi connectivity index (χ0v) is 19.9. The number of fused-ring (bicyclic) bond motifs is 1. The lowest BCUT2D eigenvalue weighted by molar-refractivity contribution is 0.171. The van der Waals surface area contributed by atoms with Gasteiger partial charge in [0.05, 0.1) is 0 Å². The van der Waals surface area contributed by atoms with Gasteiger partial charge in [-0.25, -0.2) is 0 Å². The second-order valence-corrected chi connectivity index (χ2v) is 8.82. The first-order valence-corrected chi connectivity index (χ1v) is 10.7. The smallest absolute Gasteiger partial charge is 0.191 e. The van der Waals surface area contributed by atoms with E-state index >= 15 is 0 Å². The van der Waals surface area contributed by atoms with Crippen molar-refractivity contribution in [3.05, 3.63) is 23.8 Å². The zero-order chi connectivity index (χ0) is 18.6. The van der Waals surface area contributed by atoms with E-state index in [1.165, 1.54) is 24.8 Å². The van der Waals surface area contributed by atoms with Crippen LogP contribution in [0.5, 0.6) is 11.5 Å². The summed E-state index contributed by atoms with van der Waals surface area (Å²) in [5, 5.41) is 7.87. The van der Waals surface area contributed by atoms with E-state index in [1.54, 1.807) is 0 Å². The van der Waals surface area contributed by atoms with E-state index in [0.717, 1.165) is 29.3 Å². The molecular formula is C20H32IN3O2S. The molecule has 2 atom stereocenters. The van der Waals surface area contributed by atoms with Gasteiger partial charge < -0.3 is 20.1 Å². The minimum atomic E-state index is -0.0507. The standard InChI is InChI=1S/C20H31N3O2S.HI/c1-20(2,14-5-8-17-18(11-14)25-10-9-24-17)13-22-19(21-3)23-15-6-7-16(12-15)26-4;/h5,8,11,15-16H,6-7,9-10,12-13H2,1-4H3,(H2,21,22,23);1H. The molecule has 1 aromatic rings. The molecule has 1 aliphatic carbocycles. The summed E-state index contributed by atoms with van der Waals surface area (Å²) < 4.78 is 11.4. The zero-order valence-electron chi connectivity index (χ0n) is 16.7. The first-order valence-electron chi connectivity index (χ1n) is 9.42. The fourth-order valence-corrected chi connectivity index (χ4v) is 4.34. The maximum atomic E-state index is 5.73. The van der Waals surface area contributed by atoms with Gasteiger partial charge in [0.25, 0.3) is 0 Å². The third-order valence-corrected chi connectivity index (χ3v) is 6.40. The van der Waals surface area contributed by atoms with Crippen LogP contribution in [0.2, 0.25) is 0 Å². The lowest BCUT2D eigenvalue weighted by atomic mass is 9.84. The van der Waals surface area contributed by atoms with E-state index < -0.39 is 0 Å². The first-order chi connectivity index (χ1) is 12.5. The van der Waals surface area contributed by atoms with Crippen molar-refractivity contribution in [2.45, 2.75) is 49.8 Å². The molecule has 0 aromatic heterocycles. The highest BCUT2D eigenvalue weighted by Gasteiger charge is 2.26. The van der Waals surface area contributed by atoms with Crippen molar-refractivity contribution in [1.82, 2.24) is 10.6 Å². The number of guanidine groups is 1. The molecule has 2 aliphatic rings. The second-order valence-electron chi connectivity index (χ2n) is 7.68. The molecule has 0 bridgehead atoms. The van der Waals surface area contributed by atoms with Crippen molar-refractivity contribution < 1.29 is 9.47 Å². The Morgan fingerprint density at radius 3 is 2.63 bits per heavy atom. The third-order valence-electron chi connectivity index (χ3n) is 5.30. The molecule has 2 unspecified atom stereocenters. The Kier molecular flexibility index (Phi) is 8.39. The molecule has 2 N–H and O–H groups in total. The number of aliphatic imine (C=N–C) groups is 1. The van der Waals surface area contributed by atoms with Crippen molar-refractivity contribution in [2.75, 3.05) is 33.1 Å². The summed E-state index contributed by atoms with van der Waals surface area (Å²) >= 11 is 1.97. The molecule has 0 amide bonds. The number of halogens is 1. The lowest BCUT2D eigenvalue weighted by Crippen LogP contribution is -2.46. The highest BCUT2D eigenvalue weighted by molar-refractivity contribution is 14.0. The maximum Gasteiger partial charge on any atom is 0.191 e. The third kappa shape index (κ3) is 5.82. The van der Waals surface area contributed by atoms with Gasteiger partial charge in [0.2, 0.25) is 0 Å². The average molecular weight is 505 g/mol. The van der Waals surface area contributed by atoms with Gasteiger partial charge in [-0.3, -0.25) is 4.99 Å². The van der Waals surface area contributed by atoms with E-state index in [1.807, 2.05) is 24.9 Å². The molecule has 0 saturated heterocycles. The second kappa shape index (κ2) is 10.1. The summed E-state index contributed by atoms with van der Waals surface area (Å²) in [6.07, 6.45) is 5.93. The van der Waals surface area contributed by atoms with E-state index in [4.69, 9.17) is 9.47 Å². The molecule has 1 aliphatic heterocycles. The maximum absolute atomic E-state index is 5.73. The molecule has 152 valence electrons. The fourth-order valence-electron chi connectivity index (χ4n) is 3.54. The number of nitrogens with one attached hydrogen (secondary N) is 2. The Labute approximate surface area is 184 Å². The van der Waals surface area contributed by atoms with Crippen molar-refractivity contribution in [3.8, 4) is 11.5 Å². The quantitative estimate of drug-likeness (QED) is 0.362. The van der Waals surface area contributed by atoms with Crippen molar-refractivity contribution in [1.29, 1.82) is 0 Å². The highest BCUT2D eigenvalue weighted by atomic mass is 127. The van der Waals surface area contributed by atoms with E-state index in [-0.39, 0.29) is 29.4 Å². The molecule has 27 heavy (non-hydrogen) atoms. The van der Waals surface area contributed by atoms with Gasteiger partial charge in [0.1, 0.15) is 13.2 Å². The van der Waals surface area contributed by atoms with E-state index in [2.05, 4.69) is 47.9 Å². The fraction of sp³-hybridized carbons (Fsp3) is 0.650. The predicted octanol–water partition coefficient (Wildman–Crippen LogP) is 3.80. The first kappa shape index (κ1) is 22.5. The molecule has 1 heterocycles.